The number of methoxy groups -OCH3 is 2. The van der Waals surface area contributed by atoms with Gasteiger partial charge in [0.25, 0.3) is 5.91 Å². The number of carboxylic acid groups (broad SMARTS) is 1. The van der Waals surface area contributed by atoms with E-state index in [0.717, 1.165) is 4.90 Å². The van der Waals surface area contributed by atoms with E-state index in [4.69, 9.17) is 9.47 Å². The van der Waals surface area contributed by atoms with Crippen molar-refractivity contribution < 1.29 is 34.1 Å². The number of rotatable bonds is 6. The molecule has 1 aliphatic heterocycles. The van der Waals surface area contributed by atoms with E-state index in [1.165, 1.54) is 27.2 Å². The summed E-state index contributed by atoms with van der Waals surface area (Å²) in [6.45, 7) is 0.407. The molecule has 1 N–H and O–H groups in total. The van der Waals surface area contributed by atoms with Crippen LogP contribution in [0.2, 0.25) is 0 Å². The number of hydrogen-bond donors (Lipinski definition) is 1. The zero-order valence-electron chi connectivity index (χ0n) is 13.4. The number of aliphatic hydroxyl groups excluding tert-OH is 1. The van der Waals surface area contributed by atoms with Crippen molar-refractivity contribution in [1.29, 1.82) is 0 Å². The van der Waals surface area contributed by atoms with E-state index < -0.39 is 36.0 Å². The van der Waals surface area contributed by atoms with Gasteiger partial charge in [-0.15, -0.1) is 0 Å². The Morgan fingerprint density at radius 3 is 2.46 bits per heavy atom. The minimum absolute atomic E-state index is 0.190. The van der Waals surface area contributed by atoms with Crippen molar-refractivity contribution in [1.82, 2.24) is 4.90 Å². The molecule has 0 radical (unpaired) electrons. The Morgan fingerprint density at radius 1 is 1.29 bits per heavy atom. The molecule has 0 fully saturated rings. The van der Waals surface area contributed by atoms with Crippen molar-refractivity contribution in [3.05, 3.63) is 35.1 Å². The average molecular weight is 334 g/mol. The maximum Gasteiger partial charge on any atom is 0.290 e. The van der Waals surface area contributed by atoms with Crippen molar-refractivity contribution >= 4 is 17.7 Å². The van der Waals surface area contributed by atoms with Crippen molar-refractivity contribution in [2.24, 2.45) is 0 Å². The highest BCUT2D eigenvalue weighted by molar-refractivity contribution is 6.08. The standard InChI is InChI=1S/C16H17NO7/c1-8(18)13-14(17(7-12(19)20)16(22)15(13)21)10-5-4-9(23-2)6-11(10)24-3/h4-6,14,21H,7H2,1-3H3,(H,19,20)/p-1/t14-/m1/s1. The van der Waals surface area contributed by atoms with E-state index in [-0.39, 0.29) is 11.3 Å². The number of carbonyl (C=O) groups excluding carboxylic acids is 3. The smallest absolute Gasteiger partial charge is 0.290 e. The van der Waals surface area contributed by atoms with Crippen molar-refractivity contribution in [3.8, 4) is 11.5 Å². The van der Waals surface area contributed by atoms with Crippen molar-refractivity contribution in [3.63, 3.8) is 0 Å². The van der Waals surface area contributed by atoms with Gasteiger partial charge in [-0.2, -0.15) is 0 Å². The summed E-state index contributed by atoms with van der Waals surface area (Å²) in [6.07, 6.45) is 0. The van der Waals surface area contributed by atoms with Crippen LogP contribution in [0.25, 0.3) is 0 Å². The van der Waals surface area contributed by atoms with Crippen LogP contribution in [0, 0.1) is 0 Å². The third-order valence-electron chi connectivity index (χ3n) is 3.72. The summed E-state index contributed by atoms with van der Waals surface area (Å²) in [4.78, 5) is 35.9. The number of amides is 1. The molecule has 1 aliphatic rings. The number of hydrogen-bond acceptors (Lipinski definition) is 7. The second-order valence-corrected chi connectivity index (χ2v) is 5.13. The van der Waals surface area contributed by atoms with Gasteiger partial charge in [0.05, 0.1) is 38.3 Å². The Balaban J connectivity index is 2.63. The minimum Gasteiger partial charge on any atom is -0.548 e. The van der Waals surface area contributed by atoms with Gasteiger partial charge >= 0.3 is 0 Å². The van der Waals surface area contributed by atoms with Crippen LogP contribution in [0.1, 0.15) is 18.5 Å². The lowest BCUT2D eigenvalue weighted by atomic mass is 9.95. The van der Waals surface area contributed by atoms with Gasteiger partial charge in [0.1, 0.15) is 11.5 Å². The van der Waals surface area contributed by atoms with Crippen LogP contribution in [-0.4, -0.2) is 48.4 Å². The van der Waals surface area contributed by atoms with Crippen LogP contribution < -0.4 is 14.6 Å². The average Bonchev–Trinajstić information content (AvgIpc) is 2.78. The van der Waals surface area contributed by atoms with E-state index in [2.05, 4.69) is 0 Å². The fraction of sp³-hybridized carbons (Fsp3) is 0.312. The number of aliphatic hydroxyl groups is 1. The van der Waals surface area contributed by atoms with Crippen LogP contribution in [0.3, 0.4) is 0 Å². The first-order chi connectivity index (χ1) is 11.3. The molecular weight excluding hydrogens is 318 g/mol. The van der Waals surface area contributed by atoms with E-state index >= 15 is 0 Å². The molecule has 2 rings (SSSR count). The second kappa shape index (κ2) is 6.61. The van der Waals surface area contributed by atoms with Crippen LogP contribution in [0.4, 0.5) is 0 Å². The highest BCUT2D eigenvalue weighted by Crippen LogP contribution is 2.42. The molecule has 1 amide bonds. The molecule has 1 atom stereocenters. The molecule has 1 heterocycles. The zero-order chi connectivity index (χ0) is 18.0. The maximum absolute atomic E-state index is 12.2. The van der Waals surface area contributed by atoms with E-state index in [1.807, 2.05) is 0 Å². The Hall–Kier alpha value is -3.03. The number of carbonyl (C=O) groups is 3. The van der Waals surface area contributed by atoms with Gasteiger partial charge in [-0.05, 0) is 19.1 Å². The van der Waals surface area contributed by atoms with Gasteiger partial charge in [0.15, 0.2) is 11.5 Å². The van der Waals surface area contributed by atoms with Gasteiger partial charge in [-0.3, -0.25) is 9.59 Å². The summed E-state index contributed by atoms with van der Waals surface area (Å²) in [5.74, 6) is -3.03. The predicted octanol–water partition coefficient (Wildman–Crippen LogP) is -0.262. The van der Waals surface area contributed by atoms with Crippen LogP contribution in [0.5, 0.6) is 11.5 Å². The normalized spacial score (nSPS) is 17.2. The number of benzene rings is 1. The highest BCUT2D eigenvalue weighted by Gasteiger charge is 2.43. The lowest BCUT2D eigenvalue weighted by Gasteiger charge is -2.28. The van der Waals surface area contributed by atoms with E-state index in [9.17, 15) is 24.6 Å². The largest absolute Gasteiger partial charge is 0.548 e. The van der Waals surface area contributed by atoms with Crippen molar-refractivity contribution in [2.75, 3.05) is 20.8 Å². The first-order valence-electron chi connectivity index (χ1n) is 6.98. The Kier molecular flexibility index (Phi) is 4.77. The molecule has 0 unspecified atom stereocenters. The third kappa shape index (κ3) is 2.90. The number of Topliss-reactive ketones (excluding diaryl/α,β-unsaturated/α-hetero) is 1. The number of aliphatic carboxylic acids is 1. The quantitative estimate of drug-likeness (QED) is 0.761. The number of nitrogens with zero attached hydrogens (tertiary/aromatic N) is 1. The molecule has 128 valence electrons. The SMILES string of the molecule is COc1ccc([C@@H]2C(C(C)=O)=C(O)C(=O)N2CC(=O)[O-])c(OC)c1. The second-order valence-electron chi connectivity index (χ2n) is 5.13. The maximum atomic E-state index is 12.2. The predicted molar refractivity (Wildman–Crippen MR) is 79.3 cm³/mol. The molecular formula is C16H16NO7-. The summed E-state index contributed by atoms with van der Waals surface area (Å²) in [5.41, 5.74) is 0.159. The summed E-state index contributed by atoms with van der Waals surface area (Å²) in [7, 11) is 2.85. The van der Waals surface area contributed by atoms with Gasteiger partial charge < -0.3 is 29.4 Å². The topological polar surface area (TPSA) is 116 Å². The minimum atomic E-state index is -1.52. The fourth-order valence-corrected chi connectivity index (χ4v) is 2.68. The number of ether oxygens (including phenoxy) is 2. The molecule has 0 bridgehead atoms. The molecule has 0 saturated heterocycles. The van der Waals surface area contributed by atoms with Gasteiger partial charge in [-0.1, -0.05) is 0 Å². The molecule has 1 aromatic rings. The first-order valence-corrected chi connectivity index (χ1v) is 6.98. The fourth-order valence-electron chi connectivity index (χ4n) is 2.68. The molecule has 8 heteroatoms. The molecule has 8 nitrogen and oxygen atoms in total. The molecule has 0 aliphatic carbocycles. The van der Waals surface area contributed by atoms with Crippen LogP contribution >= 0.6 is 0 Å². The summed E-state index contributed by atoms with van der Waals surface area (Å²) in [6, 6.07) is 3.56. The highest BCUT2D eigenvalue weighted by atomic mass is 16.5. The van der Waals surface area contributed by atoms with Crippen LogP contribution in [-0.2, 0) is 14.4 Å². The lowest BCUT2D eigenvalue weighted by Crippen LogP contribution is -2.41. The Morgan fingerprint density at radius 2 is 1.96 bits per heavy atom. The molecule has 0 spiro atoms. The summed E-state index contributed by atoms with van der Waals surface area (Å²) < 4.78 is 10.3. The zero-order valence-corrected chi connectivity index (χ0v) is 13.4. The summed E-state index contributed by atoms with van der Waals surface area (Å²) >= 11 is 0. The van der Waals surface area contributed by atoms with Gasteiger partial charge in [-0.25, -0.2) is 0 Å². The van der Waals surface area contributed by atoms with Gasteiger partial charge in [0, 0.05) is 11.6 Å². The van der Waals surface area contributed by atoms with E-state index in [0.29, 0.717) is 11.3 Å². The van der Waals surface area contributed by atoms with Gasteiger partial charge in [0.2, 0.25) is 0 Å². The molecule has 1 aromatic carbocycles. The monoisotopic (exact) mass is 334 g/mol. The molecule has 0 saturated carbocycles. The Bertz CT molecular complexity index is 738. The molecule has 24 heavy (non-hydrogen) atoms. The number of carboxylic acids is 1. The summed E-state index contributed by atoms with van der Waals surface area (Å²) in [5, 5.41) is 21.0. The Labute approximate surface area is 137 Å². The number of ketones is 1. The molecule has 0 aromatic heterocycles. The van der Waals surface area contributed by atoms with Crippen LogP contribution in [0.15, 0.2) is 29.5 Å². The first kappa shape index (κ1) is 17.3. The third-order valence-corrected chi connectivity index (χ3v) is 3.72. The lowest BCUT2D eigenvalue weighted by molar-refractivity contribution is -0.306. The van der Waals surface area contributed by atoms with E-state index in [1.54, 1.807) is 12.1 Å². The van der Waals surface area contributed by atoms with Crippen molar-refractivity contribution in [2.45, 2.75) is 13.0 Å².